The predicted molar refractivity (Wildman–Crippen MR) is 99.1 cm³/mol. The first-order valence-electron chi connectivity index (χ1n) is 8.18. The van der Waals surface area contributed by atoms with Crippen molar-refractivity contribution in [1.29, 1.82) is 0 Å². The number of thiazole rings is 1. The van der Waals surface area contributed by atoms with Gasteiger partial charge in [-0.1, -0.05) is 45.0 Å². The number of nitrogens with one attached hydrogen (secondary N) is 1. The minimum Gasteiger partial charge on any atom is -0.394 e. The van der Waals surface area contributed by atoms with E-state index in [-0.39, 0.29) is 24.0 Å². The van der Waals surface area contributed by atoms with E-state index >= 15 is 0 Å². The van der Waals surface area contributed by atoms with Crippen molar-refractivity contribution < 1.29 is 9.90 Å². The summed E-state index contributed by atoms with van der Waals surface area (Å²) >= 11 is 1.63. The van der Waals surface area contributed by atoms with Gasteiger partial charge in [-0.15, -0.1) is 11.3 Å². The fourth-order valence-electron chi connectivity index (χ4n) is 2.65. The summed E-state index contributed by atoms with van der Waals surface area (Å²) in [7, 11) is 0. The Morgan fingerprint density at radius 2 is 1.96 bits per heavy atom. The first-order valence-corrected chi connectivity index (χ1v) is 9.06. The van der Waals surface area contributed by atoms with Crippen LogP contribution in [0.2, 0.25) is 0 Å². The summed E-state index contributed by atoms with van der Waals surface area (Å²) in [6.45, 7) is 8.25. The van der Waals surface area contributed by atoms with Crippen molar-refractivity contribution in [1.82, 2.24) is 10.3 Å². The van der Waals surface area contributed by atoms with Crippen LogP contribution in [0.25, 0.3) is 11.3 Å². The molecule has 24 heavy (non-hydrogen) atoms. The van der Waals surface area contributed by atoms with Gasteiger partial charge in [-0.25, -0.2) is 4.98 Å². The van der Waals surface area contributed by atoms with Crippen molar-refractivity contribution in [2.45, 2.75) is 46.6 Å². The van der Waals surface area contributed by atoms with Gasteiger partial charge in [0.15, 0.2) is 0 Å². The Bertz CT molecular complexity index is 671. The van der Waals surface area contributed by atoms with E-state index in [9.17, 15) is 9.90 Å². The smallest absolute Gasteiger partial charge is 0.224 e. The molecule has 0 aliphatic heterocycles. The lowest BCUT2D eigenvalue weighted by molar-refractivity contribution is -0.121. The normalized spacial score (nSPS) is 12.9. The van der Waals surface area contributed by atoms with Gasteiger partial charge in [0.05, 0.1) is 29.8 Å². The maximum Gasteiger partial charge on any atom is 0.224 e. The number of hydrogen-bond donors (Lipinski definition) is 2. The number of hydrogen-bond acceptors (Lipinski definition) is 4. The molecule has 0 saturated carbocycles. The summed E-state index contributed by atoms with van der Waals surface area (Å²) in [5.41, 5.74) is 3.05. The largest absolute Gasteiger partial charge is 0.394 e. The van der Waals surface area contributed by atoms with Crippen molar-refractivity contribution in [3.8, 4) is 11.3 Å². The van der Waals surface area contributed by atoms with E-state index in [2.05, 4.69) is 31.1 Å². The highest BCUT2D eigenvalue weighted by Gasteiger charge is 2.19. The van der Waals surface area contributed by atoms with Crippen molar-refractivity contribution in [2.24, 2.45) is 5.41 Å². The van der Waals surface area contributed by atoms with E-state index in [4.69, 9.17) is 0 Å². The highest BCUT2D eigenvalue weighted by molar-refractivity contribution is 7.09. The monoisotopic (exact) mass is 346 g/mol. The lowest BCUT2D eigenvalue weighted by atomic mass is 9.88. The van der Waals surface area contributed by atoms with Crippen LogP contribution in [0, 0.1) is 12.3 Å². The molecule has 1 atom stereocenters. The number of carbonyl (C=O) groups is 1. The maximum absolute atomic E-state index is 12.2. The summed E-state index contributed by atoms with van der Waals surface area (Å²) in [6, 6.07) is 7.71. The molecule has 1 aromatic heterocycles. The molecule has 0 bridgehead atoms. The first-order chi connectivity index (χ1) is 11.3. The quantitative estimate of drug-likeness (QED) is 0.840. The molecule has 0 aliphatic carbocycles. The van der Waals surface area contributed by atoms with Gasteiger partial charge in [0.25, 0.3) is 0 Å². The van der Waals surface area contributed by atoms with E-state index < -0.39 is 0 Å². The topological polar surface area (TPSA) is 62.2 Å². The molecule has 4 nitrogen and oxygen atoms in total. The van der Waals surface area contributed by atoms with E-state index in [0.717, 1.165) is 28.2 Å². The van der Waals surface area contributed by atoms with E-state index in [1.807, 2.05) is 36.6 Å². The predicted octanol–water partition coefficient (Wildman–Crippen LogP) is 3.57. The summed E-state index contributed by atoms with van der Waals surface area (Å²) in [4.78, 5) is 16.7. The van der Waals surface area contributed by atoms with Crippen molar-refractivity contribution >= 4 is 17.2 Å². The summed E-state index contributed by atoms with van der Waals surface area (Å²) < 4.78 is 0. The molecule has 1 heterocycles. The van der Waals surface area contributed by atoms with Gasteiger partial charge < -0.3 is 10.4 Å². The molecule has 0 aliphatic rings. The SMILES string of the molecule is Cc1nc(-c2ccc(CC(=O)NC(CO)CC(C)(C)C)cc2)cs1. The molecule has 2 rings (SSSR count). The molecule has 1 amide bonds. The molecular weight excluding hydrogens is 320 g/mol. The Morgan fingerprint density at radius 1 is 1.29 bits per heavy atom. The van der Waals surface area contributed by atoms with Gasteiger partial charge in [0.2, 0.25) is 5.91 Å². The molecule has 0 radical (unpaired) electrons. The fourth-order valence-corrected chi connectivity index (χ4v) is 3.28. The van der Waals surface area contributed by atoms with E-state index in [1.54, 1.807) is 11.3 Å². The van der Waals surface area contributed by atoms with Crippen LogP contribution >= 0.6 is 11.3 Å². The third-order valence-electron chi connectivity index (χ3n) is 3.68. The van der Waals surface area contributed by atoms with Gasteiger partial charge in [-0.2, -0.15) is 0 Å². The molecule has 1 unspecified atom stereocenters. The van der Waals surface area contributed by atoms with Crippen LogP contribution in [0.1, 0.15) is 37.8 Å². The van der Waals surface area contributed by atoms with Crippen LogP contribution in [0.15, 0.2) is 29.6 Å². The average Bonchev–Trinajstić information content (AvgIpc) is 2.92. The minimum absolute atomic E-state index is 0.0366. The van der Waals surface area contributed by atoms with Crippen LogP contribution in [-0.4, -0.2) is 28.6 Å². The number of carbonyl (C=O) groups excluding carboxylic acids is 1. The van der Waals surface area contributed by atoms with Gasteiger partial charge in [-0.05, 0) is 24.3 Å². The van der Waals surface area contributed by atoms with Gasteiger partial charge in [0.1, 0.15) is 0 Å². The third kappa shape index (κ3) is 5.73. The molecular formula is C19H26N2O2S. The second-order valence-corrected chi connectivity index (χ2v) is 8.40. The van der Waals surface area contributed by atoms with Crippen LogP contribution in [0.5, 0.6) is 0 Å². The maximum atomic E-state index is 12.2. The number of nitrogens with zero attached hydrogens (tertiary/aromatic N) is 1. The van der Waals surface area contributed by atoms with Gasteiger partial charge in [0, 0.05) is 10.9 Å². The van der Waals surface area contributed by atoms with Gasteiger partial charge >= 0.3 is 0 Å². The molecule has 0 spiro atoms. The van der Waals surface area contributed by atoms with E-state index in [0.29, 0.717) is 6.42 Å². The molecule has 2 N–H and O–H groups in total. The Kier molecular flexibility index (Phi) is 6.13. The zero-order valence-corrected chi connectivity index (χ0v) is 15.6. The number of rotatable bonds is 6. The number of aliphatic hydroxyl groups is 1. The Balaban J connectivity index is 1.94. The lowest BCUT2D eigenvalue weighted by Gasteiger charge is -2.25. The van der Waals surface area contributed by atoms with E-state index in [1.165, 1.54) is 0 Å². The van der Waals surface area contributed by atoms with Crippen molar-refractivity contribution in [3.63, 3.8) is 0 Å². The number of aromatic nitrogens is 1. The second-order valence-electron chi connectivity index (χ2n) is 7.34. The lowest BCUT2D eigenvalue weighted by Crippen LogP contribution is -2.40. The average molecular weight is 346 g/mol. The number of aliphatic hydroxyl groups excluding tert-OH is 1. The molecule has 0 saturated heterocycles. The second kappa shape index (κ2) is 7.90. The standard InChI is InChI=1S/C19H26N2O2S/c1-13-20-17(12-24-13)15-7-5-14(6-8-15)9-18(23)21-16(11-22)10-19(2,3)4/h5-8,12,16,22H,9-11H2,1-4H3,(H,21,23). The number of benzene rings is 1. The zero-order chi connectivity index (χ0) is 17.7. The molecule has 5 heteroatoms. The molecule has 2 aromatic rings. The number of aryl methyl sites for hydroxylation is 1. The summed E-state index contributed by atoms with van der Waals surface area (Å²) in [6.07, 6.45) is 1.06. The molecule has 130 valence electrons. The fraction of sp³-hybridized carbons (Fsp3) is 0.474. The van der Waals surface area contributed by atoms with Crippen molar-refractivity contribution in [3.05, 3.63) is 40.2 Å². The Hall–Kier alpha value is -1.72. The first kappa shape index (κ1) is 18.6. The van der Waals surface area contributed by atoms with Crippen LogP contribution < -0.4 is 5.32 Å². The summed E-state index contributed by atoms with van der Waals surface area (Å²) in [5, 5.41) is 15.5. The molecule has 1 aromatic carbocycles. The van der Waals surface area contributed by atoms with Crippen LogP contribution in [0.4, 0.5) is 0 Å². The van der Waals surface area contributed by atoms with Crippen LogP contribution in [0.3, 0.4) is 0 Å². The third-order valence-corrected chi connectivity index (χ3v) is 4.45. The van der Waals surface area contributed by atoms with Crippen molar-refractivity contribution in [2.75, 3.05) is 6.61 Å². The zero-order valence-electron chi connectivity index (χ0n) is 14.8. The highest BCUT2D eigenvalue weighted by Crippen LogP contribution is 2.22. The minimum atomic E-state index is -0.199. The Labute approximate surface area is 148 Å². The van der Waals surface area contributed by atoms with Gasteiger partial charge in [-0.3, -0.25) is 4.79 Å². The Morgan fingerprint density at radius 3 is 2.46 bits per heavy atom. The number of amides is 1. The molecule has 0 fully saturated rings. The van der Waals surface area contributed by atoms with Crippen LogP contribution in [-0.2, 0) is 11.2 Å². The highest BCUT2D eigenvalue weighted by atomic mass is 32.1. The summed E-state index contributed by atoms with van der Waals surface area (Å²) in [5.74, 6) is -0.0597.